The van der Waals surface area contributed by atoms with Crippen molar-refractivity contribution in [1.82, 2.24) is 19.9 Å². The number of pyridine rings is 1. The highest BCUT2D eigenvalue weighted by Crippen LogP contribution is 2.28. The normalized spacial score (nSPS) is 14.8. The van der Waals surface area contributed by atoms with Gasteiger partial charge in [0.1, 0.15) is 11.6 Å². The average Bonchev–Trinajstić information content (AvgIpc) is 2.80. The van der Waals surface area contributed by atoms with Crippen LogP contribution in [0, 0.1) is 0 Å². The van der Waals surface area contributed by atoms with Crippen LogP contribution in [-0.4, -0.2) is 53.1 Å². The first-order chi connectivity index (χ1) is 14.8. The Morgan fingerprint density at radius 3 is 2.47 bits per heavy atom. The Morgan fingerprint density at radius 1 is 0.833 bits per heavy atom. The molecule has 30 heavy (non-hydrogen) atoms. The van der Waals surface area contributed by atoms with Crippen molar-refractivity contribution in [3.05, 3.63) is 72.9 Å². The molecule has 1 N–H and O–H groups in total. The fourth-order valence-corrected chi connectivity index (χ4v) is 3.76. The lowest BCUT2D eigenvalue weighted by Gasteiger charge is -2.33. The van der Waals surface area contributed by atoms with E-state index in [1.165, 1.54) is 0 Å². The molecule has 2 aromatic carbocycles. The molecule has 0 spiro atoms. The lowest BCUT2D eigenvalue weighted by atomic mass is 10.2. The number of hydrogen-bond donors (Lipinski definition) is 1. The van der Waals surface area contributed by atoms with E-state index >= 15 is 0 Å². The highest BCUT2D eigenvalue weighted by atomic mass is 15.3. The maximum atomic E-state index is 4.90. The highest BCUT2D eigenvalue weighted by Gasteiger charge is 2.18. The number of rotatable bonds is 4. The minimum Gasteiger partial charge on any atom is -0.354 e. The van der Waals surface area contributed by atoms with Gasteiger partial charge in [0, 0.05) is 49.4 Å². The molecule has 3 heterocycles. The largest absolute Gasteiger partial charge is 0.354 e. The zero-order chi connectivity index (χ0) is 20.3. The molecule has 1 aliphatic rings. The van der Waals surface area contributed by atoms with Crippen LogP contribution in [0.2, 0.25) is 0 Å². The van der Waals surface area contributed by atoms with Crippen molar-refractivity contribution in [1.29, 1.82) is 0 Å². The van der Waals surface area contributed by atoms with Gasteiger partial charge in [-0.2, -0.15) is 0 Å². The van der Waals surface area contributed by atoms with Crippen molar-refractivity contribution in [2.45, 2.75) is 0 Å². The first-order valence-electron chi connectivity index (χ1n) is 10.2. The third kappa shape index (κ3) is 3.82. The van der Waals surface area contributed by atoms with E-state index in [9.17, 15) is 0 Å². The van der Waals surface area contributed by atoms with Crippen LogP contribution in [0.15, 0.2) is 72.9 Å². The second-order valence-corrected chi connectivity index (χ2v) is 7.60. The number of fused-ring (bicyclic) bond motifs is 1. The van der Waals surface area contributed by atoms with Crippen molar-refractivity contribution in [2.75, 3.05) is 43.4 Å². The summed E-state index contributed by atoms with van der Waals surface area (Å²) in [6, 6.07) is 22.3. The molecular weight excluding hydrogens is 372 g/mol. The maximum absolute atomic E-state index is 4.90. The molecule has 5 rings (SSSR count). The van der Waals surface area contributed by atoms with E-state index in [0.29, 0.717) is 0 Å². The molecule has 0 saturated carbocycles. The number of hydrogen-bond acceptors (Lipinski definition) is 6. The lowest BCUT2D eigenvalue weighted by molar-refractivity contribution is 0.312. The summed E-state index contributed by atoms with van der Waals surface area (Å²) in [6.07, 6.45) is 1.82. The molecule has 6 heteroatoms. The molecule has 0 unspecified atom stereocenters. The second kappa shape index (κ2) is 8.08. The Balaban J connectivity index is 1.56. The Morgan fingerprint density at radius 2 is 1.63 bits per heavy atom. The van der Waals surface area contributed by atoms with Crippen LogP contribution in [0.1, 0.15) is 0 Å². The van der Waals surface area contributed by atoms with Crippen molar-refractivity contribution >= 4 is 28.2 Å². The number of likely N-dealkylation sites (N-methyl/N-ethyl adjacent to an activating group) is 1. The SMILES string of the molecule is CN1CCN(c2cc(Nc3cccc4cccnc34)nc(-c3ccccc3)n2)CC1. The van der Waals surface area contributed by atoms with Gasteiger partial charge in [0.15, 0.2) is 5.82 Å². The van der Waals surface area contributed by atoms with Gasteiger partial charge < -0.3 is 15.1 Å². The number of benzene rings is 2. The van der Waals surface area contributed by atoms with E-state index in [4.69, 9.17) is 9.97 Å². The Bertz CT molecular complexity index is 1150. The van der Waals surface area contributed by atoms with E-state index in [1.807, 2.05) is 60.8 Å². The number of aromatic nitrogens is 3. The van der Waals surface area contributed by atoms with E-state index in [0.717, 1.165) is 65.8 Å². The number of piperazine rings is 1. The molecule has 1 aliphatic heterocycles. The molecule has 0 amide bonds. The minimum atomic E-state index is 0.725. The van der Waals surface area contributed by atoms with Gasteiger partial charge in [0.25, 0.3) is 0 Å². The third-order valence-corrected chi connectivity index (χ3v) is 5.47. The van der Waals surface area contributed by atoms with Gasteiger partial charge in [0.05, 0.1) is 11.2 Å². The first-order valence-corrected chi connectivity index (χ1v) is 10.2. The van der Waals surface area contributed by atoms with Gasteiger partial charge in [-0.05, 0) is 19.2 Å². The molecule has 1 fully saturated rings. The molecule has 2 aromatic heterocycles. The molecule has 150 valence electrons. The summed E-state index contributed by atoms with van der Waals surface area (Å²) in [5, 5.41) is 4.59. The Kier molecular flexibility index (Phi) is 4.99. The van der Waals surface area contributed by atoms with Gasteiger partial charge in [-0.1, -0.05) is 48.5 Å². The molecular formula is C24H24N6. The lowest BCUT2D eigenvalue weighted by Crippen LogP contribution is -2.44. The topological polar surface area (TPSA) is 57.2 Å². The summed E-state index contributed by atoms with van der Waals surface area (Å²) >= 11 is 0. The third-order valence-electron chi connectivity index (χ3n) is 5.47. The summed E-state index contributed by atoms with van der Waals surface area (Å²) in [4.78, 5) is 19.0. The summed E-state index contributed by atoms with van der Waals surface area (Å²) in [6.45, 7) is 3.97. The number of nitrogens with one attached hydrogen (secondary N) is 1. The van der Waals surface area contributed by atoms with E-state index in [-0.39, 0.29) is 0 Å². The predicted octanol–water partition coefficient (Wildman–Crippen LogP) is 4.19. The summed E-state index contributed by atoms with van der Waals surface area (Å²) in [7, 11) is 2.16. The smallest absolute Gasteiger partial charge is 0.163 e. The number of nitrogens with zero attached hydrogens (tertiary/aromatic N) is 5. The molecule has 4 aromatic rings. The van der Waals surface area contributed by atoms with Gasteiger partial charge in [-0.3, -0.25) is 4.98 Å². The molecule has 6 nitrogen and oxygen atoms in total. The molecule has 0 bridgehead atoms. The van der Waals surface area contributed by atoms with Crippen molar-refractivity contribution < 1.29 is 0 Å². The molecule has 0 radical (unpaired) electrons. The van der Waals surface area contributed by atoms with Crippen LogP contribution in [0.5, 0.6) is 0 Å². The number of para-hydroxylation sites is 1. The second-order valence-electron chi connectivity index (χ2n) is 7.60. The van der Waals surface area contributed by atoms with Crippen molar-refractivity contribution in [3.63, 3.8) is 0 Å². The van der Waals surface area contributed by atoms with E-state index < -0.39 is 0 Å². The van der Waals surface area contributed by atoms with Gasteiger partial charge >= 0.3 is 0 Å². The number of anilines is 3. The summed E-state index contributed by atoms with van der Waals surface area (Å²) in [5.41, 5.74) is 2.88. The minimum absolute atomic E-state index is 0.725. The summed E-state index contributed by atoms with van der Waals surface area (Å²) < 4.78 is 0. The fraction of sp³-hybridized carbons (Fsp3) is 0.208. The zero-order valence-corrected chi connectivity index (χ0v) is 17.0. The van der Waals surface area contributed by atoms with Crippen molar-refractivity contribution in [3.8, 4) is 11.4 Å². The van der Waals surface area contributed by atoms with Gasteiger partial charge in [0.2, 0.25) is 0 Å². The van der Waals surface area contributed by atoms with E-state index in [2.05, 4.69) is 39.3 Å². The van der Waals surface area contributed by atoms with Crippen molar-refractivity contribution in [2.24, 2.45) is 0 Å². The van der Waals surface area contributed by atoms with Crippen LogP contribution in [0.3, 0.4) is 0 Å². The molecule has 0 aliphatic carbocycles. The van der Waals surface area contributed by atoms with Crippen LogP contribution < -0.4 is 10.2 Å². The van der Waals surface area contributed by atoms with Crippen LogP contribution >= 0.6 is 0 Å². The standard InChI is InChI=1S/C24H24N6/c1-29-13-15-30(16-14-29)22-17-21(27-24(28-22)19-7-3-2-4-8-19)26-20-11-5-9-18-10-6-12-25-23(18)20/h2-12,17H,13-16H2,1H3,(H,26,27,28). The Hall–Kier alpha value is -3.51. The predicted molar refractivity (Wildman–Crippen MR) is 122 cm³/mol. The van der Waals surface area contributed by atoms with E-state index in [1.54, 1.807) is 0 Å². The van der Waals surface area contributed by atoms with Crippen LogP contribution in [0.4, 0.5) is 17.3 Å². The monoisotopic (exact) mass is 396 g/mol. The quantitative estimate of drug-likeness (QED) is 0.558. The molecule has 1 saturated heterocycles. The highest BCUT2D eigenvalue weighted by molar-refractivity contribution is 5.91. The van der Waals surface area contributed by atoms with Crippen LogP contribution in [-0.2, 0) is 0 Å². The zero-order valence-electron chi connectivity index (χ0n) is 17.0. The van der Waals surface area contributed by atoms with Gasteiger partial charge in [-0.15, -0.1) is 0 Å². The average molecular weight is 396 g/mol. The summed E-state index contributed by atoms with van der Waals surface area (Å²) in [5.74, 6) is 2.45. The van der Waals surface area contributed by atoms with Gasteiger partial charge in [-0.25, -0.2) is 9.97 Å². The fourth-order valence-electron chi connectivity index (χ4n) is 3.76. The van der Waals surface area contributed by atoms with Crippen LogP contribution in [0.25, 0.3) is 22.3 Å². The maximum Gasteiger partial charge on any atom is 0.163 e. The molecule has 0 atom stereocenters. The Labute approximate surface area is 176 Å². The first kappa shape index (κ1) is 18.5.